The fourth-order valence-corrected chi connectivity index (χ4v) is 18.6. The summed E-state index contributed by atoms with van der Waals surface area (Å²) in [5, 5.41) is 29.9. The van der Waals surface area contributed by atoms with Gasteiger partial charge in [0, 0.05) is 36.5 Å². The molecule has 8 fully saturated rings. The highest BCUT2D eigenvalue weighted by Gasteiger charge is 2.67. The van der Waals surface area contributed by atoms with Crippen molar-refractivity contribution in [2.75, 3.05) is 6.61 Å². The fraction of sp³-hybridized carbons (Fsp3) is 0.926. The Hall–Kier alpha value is -1.80. The summed E-state index contributed by atoms with van der Waals surface area (Å²) in [6, 6.07) is 0. The summed E-state index contributed by atoms with van der Waals surface area (Å²) >= 11 is 0. The van der Waals surface area contributed by atoms with Crippen molar-refractivity contribution in [2.45, 2.75) is 203 Å². The molecule has 0 bridgehead atoms. The minimum absolute atomic E-state index is 0.0746. The van der Waals surface area contributed by atoms with Gasteiger partial charge in [-0.05, 0) is 203 Å². The van der Waals surface area contributed by atoms with Gasteiger partial charge in [-0.2, -0.15) is 0 Å². The Balaban J connectivity index is 0.000000187. The molecule has 8 saturated carbocycles. The van der Waals surface area contributed by atoms with E-state index in [2.05, 4.69) is 55.4 Å². The van der Waals surface area contributed by atoms with E-state index in [4.69, 9.17) is 9.84 Å². The Labute approximate surface area is 375 Å². The van der Waals surface area contributed by atoms with Crippen LogP contribution in [0.5, 0.6) is 0 Å². The zero-order valence-corrected chi connectivity index (χ0v) is 40.5. The Bertz CT molecular complexity index is 1640. The van der Waals surface area contributed by atoms with Gasteiger partial charge in [-0.25, -0.2) is 0 Å². The monoisotopic (exact) mass is 865 g/mol. The highest BCUT2D eigenvalue weighted by Crippen LogP contribution is 2.70. The first-order valence-corrected chi connectivity index (χ1v) is 26.1. The van der Waals surface area contributed by atoms with Crippen LogP contribution in [0.15, 0.2) is 0 Å². The number of carboxylic acids is 1. The molecule has 62 heavy (non-hydrogen) atoms. The molecule has 0 saturated heterocycles. The van der Waals surface area contributed by atoms with Crippen LogP contribution in [0.2, 0.25) is 0 Å². The smallest absolute Gasteiger partial charge is 0.305 e. The van der Waals surface area contributed by atoms with Crippen molar-refractivity contribution in [3.05, 3.63) is 0 Å². The van der Waals surface area contributed by atoms with Crippen LogP contribution < -0.4 is 0 Å². The van der Waals surface area contributed by atoms with Gasteiger partial charge in [0.1, 0.15) is 11.6 Å². The first kappa shape index (κ1) is 48.1. The zero-order chi connectivity index (χ0) is 45.1. The Morgan fingerprint density at radius 2 is 0.968 bits per heavy atom. The van der Waals surface area contributed by atoms with Crippen LogP contribution in [0.1, 0.15) is 191 Å². The molecule has 6 unspecified atom stereocenters. The summed E-state index contributed by atoms with van der Waals surface area (Å²) in [5.41, 5.74) is 0.769. The van der Waals surface area contributed by atoms with E-state index in [9.17, 15) is 29.4 Å². The van der Waals surface area contributed by atoms with Gasteiger partial charge in [0.25, 0.3) is 0 Å². The average Bonchev–Trinajstić information content (AvgIpc) is 3.78. The fourth-order valence-electron chi connectivity index (χ4n) is 18.6. The van der Waals surface area contributed by atoms with Gasteiger partial charge in [0.2, 0.25) is 0 Å². The van der Waals surface area contributed by atoms with Crippen LogP contribution in [-0.4, -0.2) is 57.6 Å². The van der Waals surface area contributed by atoms with Crippen LogP contribution in [0.3, 0.4) is 0 Å². The SMILES string of the molecule is CCOC(=O)CC[C@@H](C)[C@H]1CCC2C3C(=O)[C@H](CC)[C@@H]4C[C@H](O)CC[C@]4(C)C3CC[C@@]21C.CC[C@H]1C(=O)C2C3CC[C@H]([C@H](C)CCC(=O)O)[C@@]3(C)CCC2[C@@]2(C)CC[C@@H](O)C[C@@H]12. The highest BCUT2D eigenvalue weighted by atomic mass is 16.5. The average molecular weight is 865 g/mol. The molecule has 8 nitrogen and oxygen atoms in total. The second kappa shape index (κ2) is 18.5. The van der Waals surface area contributed by atoms with E-state index in [1.54, 1.807) is 0 Å². The molecule has 0 spiro atoms. The molecule has 0 heterocycles. The zero-order valence-electron chi connectivity index (χ0n) is 40.5. The summed E-state index contributed by atoms with van der Waals surface area (Å²) in [6.45, 7) is 21.0. The van der Waals surface area contributed by atoms with Gasteiger partial charge in [-0.15, -0.1) is 0 Å². The first-order chi connectivity index (χ1) is 29.3. The lowest BCUT2D eigenvalue weighted by Gasteiger charge is -2.62. The van der Waals surface area contributed by atoms with Crippen LogP contribution >= 0.6 is 0 Å². The molecule has 0 aromatic rings. The summed E-state index contributed by atoms with van der Waals surface area (Å²) in [4.78, 5) is 51.0. The highest BCUT2D eigenvalue weighted by molar-refractivity contribution is 5.86. The number of ketones is 2. The summed E-state index contributed by atoms with van der Waals surface area (Å²) in [5.74, 6) is 5.51. The number of Topliss-reactive ketones (excluding diaryl/α,β-unsaturated/α-hetero) is 2. The summed E-state index contributed by atoms with van der Waals surface area (Å²) in [7, 11) is 0. The Morgan fingerprint density at radius 3 is 1.35 bits per heavy atom. The van der Waals surface area contributed by atoms with E-state index in [0.29, 0.717) is 83.8 Å². The molecule has 8 heteroatoms. The number of hydrogen-bond acceptors (Lipinski definition) is 7. The number of aliphatic hydroxyl groups is 2. The van der Waals surface area contributed by atoms with Crippen LogP contribution in [-0.2, 0) is 23.9 Å². The van der Waals surface area contributed by atoms with E-state index >= 15 is 0 Å². The molecule has 0 radical (unpaired) electrons. The number of esters is 1. The molecule has 3 N–H and O–H groups in total. The van der Waals surface area contributed by atoms with E-state index in [-0.39, 0.29) is 69.9 Å². The minimum atomic E-state index is -0.697. The summed E-state index contributed by atoms with van der Waals surface area (Å²) in [6.07, 6.45) is 18.6. The van der Waals surface area contributed by atoms with Gasteiger partial charge < -0.3 is 20.1 Å². The Morgan fingerprint density at radius 1 is 0.581 bits per heavy atom. The predicted octanol–water partition coefficient (Wildman–Crippen LogP) is 11.1. The van der Waals surface area contributed by atoms with Gasteiger partial charge in [0.15, 0.2) is 0 Å². The number of aliphatic hydroxyl groups excluding tert-OH is 2. The van der Waals surface area contributed by atoms with E-state index < -0.39 is 5.97 Å². The van der Waals surface area contributed by atoms with Gasteiger partial charge in [-0.3, -0.25) is 19.2 Å². The predicted molar refractivity (Wildman–Crippen MR) is 243 cm³/mol. The van der Waals surface area contributed by atoms with Crippen molar-refractivity contribution < 1.29 is 39.2 Å². The lowest BCUT2D eigenvalue weighted by atomic mass is 9.42. The molecule has 8 aliphatic carbocycles. The largest absolute Gasteiger partial charge is 0.481 e. The van der Waals surface area contributed by atoms with Gasteiger partial charge >= 0.3 is 11.9 Å². The van der Waals surface area contributed by atoms with Crippen molar-refractivity contribution in [3.8, 4) is 0 Å². The van der Waals surface area contributed by atoms with Crippen molar-refractivity contribution in [3.63, 3.8) is 0 Å². The number of fused-ring (bicyclic) bond motifs is 10. The topological polar surface area (TPSA) is 138 Å². The Kier molecular flexibility index (Phi) is 14.3. The quantitative estimate of drug-likeness (QED) is 0.175. The van der Waals surface area contributed by atoms with Crippen LogP contribution in [0.25, 0.3) is 0 Å². The number of ether oxygens (including phenoxy) is 1. The molecule has 0 aromatic carbocycles. The second-order valence-corrected chi connectivity index (χ2v) is 24.1. The van der Waals surface area contributed by atoms with Gasteiger partial charge in [0.05, 0.1) is 18.8 Å². The van der Waals surface area contributed by atoms with E-state index in [1.165, 1.54) is 19.3 Å². The maximum absolute atomic E-state index is 14.0. The second-order valence-electron chi connectivity index (χ2n) is 24.1. The number of rotatable bonds is 11. The molecule has 8 aliphatic rings. The third kappa shape index (κ3) is 8.11. The molecule has 352 valence electrons. The van der Waals surface area contributed by atoms with E-state index in [1.807, 2.05) is 6.92 Å². The number of carbonyl (C=O) groups excluding carboxylic acids is 3. The maximum Gasteiger partial charge on any atom is 0.305 e. The summed E-state index contributed by atoms with van der Waals surface area (Å²) < 4.78 is 5.16. The molecular weight excluding hydrogens is 777 g/mol. The standard InChI is InChI=1S/C28H46O4.C26H42O4/c1-6-19-23-16-18(29)12-14-28(23,5)22-13-15-27(4)20(9-10-21(27)25(22)26(19)31)17(3)8-11-24(30)32-7-2;1-5-17-21-14-16(27)10-12-26(21,4)20-11-13-25(3)18(15(2)6-9-22(28)29)7-8-19(25)23(20)24(17)30/h17-23,25,29H,6-16H2,1-5H3;15-21,23,27H,5-14H2,1-4H3,(H,28,29)/t17-,18-,19-,20-,21?,22?,23+,25?,27-,28-;15-,16-,17-,18-,19?,20?,21+,23?,25-,26-/m11/s1. The van der Waals surface area contributed by atoms with Crippen molar-refractivity contribution in [1.82, 2.24) is 0 Å². The van der Waals surface area contributed by atoms with Crippen LogP contribution in [0, 0.1) is 105 Å². The lowest BCUT2D eigenvalue weighted by molar-refractivity contribution is -0.173. The van der Waals surface area contributed by atoms with Gasteiger partial charge in [-0.1, -0.05) is 55.4 Å². The van der Waals surface area contributed by atoms with Crippen molar-refractivity contribution in [1.29, 1.82) is 0 Å². The van der Waals surface area contributed by atoms with E-state index in [0.717, 1.165) is 96.3 Å². The minimum Gasteiger partial charge on any atom is -0.481 e. The van der Waals surface area contributed by atoms with Crippen molar-refractivity contribution in [2.24, 2.45) is 105 Å². The van der Waals surface area contributed by atoms with Crippen LogP contribution in [0.4, 0.5) is 0 Å². The molecule has 0 amide bonds. The first-order valence-electron chi connectivity index (χ1n) is 26.1. The molecular formula is C54H88O8. The maximum atomic E-state index is 14.0. The normalized spacial score (nSPS) is 47.9. The molecule has 20 atom stereocenters. The number of carbonyl (C=O) groups is 4. The molecule has 0 aliphatic heterocycles. The lowest BCUT2D eigenvalue weighted by Crippen LogP contribution is -2.60. The molecule has 8 rings (SSSR count). The number of hydrogen-bond donors (Lipinski definition) is 3. The third-order valence-corrected chi connectivity index (χ3v) is 21.7. The van der Waals surface area contributed by atoms with Crippen molar-refractivity contribution >= 4 is 23.5 Å². The number of carboxylic acid groups (broad SMARTS) is 1. The number of aliphatic carboxylic acids is 1. The third-order valence-electron chi connectivity index (χ3n) is 21.7. The molecule has 0 aromatic heterocycles.